The van der Waals surface area contributed by atoms with E-state index in [0.29, 0.717) is 6.07 Å². The highest BCUT2D eigenvalue weighted by molar-refractivity contribution is 6.30. The SMILES string of the molecule is O=C(CCl)c1cc(F)cc(OC(F)(F)F)c1F. The molecule has 0 saturated carbocycles. The van der Waals surface area contributed by atoms with Crippen LogP contribution in [-0.4, -0.2) is 18.0 Å². The van der Waals surface area contributed by atoms with Gasteiger partial charge in [-0.05, 0) is 6.07 Å². The first-order valence-corrected chi connectivity index (χ1v) is 4.62. The van der Waals surface area contributed by atoms with Crippen LogP contribution in [0.3, 0.4) is 0 Å². The van der Waals surface area contributed by atoms with Crippen molar-refractivity contribution < 1.29 is 31.5 Å². The average molecular weight is 275 g/mol. The van der Waals surface area contributed by atoms with Gasteiger partial charge in [0, 0.05) is 6.07 Å². The van der Waals surface area contributed by atoms with Crippen LogP contribution >= 0.6 is 11.6 Å². The third-order valence-corrected chi connectivity index (χ3v) is 1.89. The Morgan fingerprint density at radius 3 is 2.35 bits per heavy atom. The Morgan fingerprint density at radius 1 is 1.29 bits per heavy atom. The van der Waals surface area contributed by atoms with Crippen molar-refractivity contribution in [3.05, 3.63) is 29.3 Å². The summed E-state index contributed by atoms with van der Waals surface area (Å²) in [5.41, 5.74) is -0.890. The molecule has 1 rings (SSSR count). The molecule has 0 atom stereocenters. The Hall–Kier alpha value is -1.37. The lowest BCUT2D eigenvalue weighted by atomic mass is 10.1. The molecule has 0 aliphatic heterocycles. The molecule has 0 unspecified atom stereocenters. The summed E-state index contributed by atoms with van der Waals surface area (Å²) in [5.74, 6) is -5.98. The number of ether oxygens (including phenoxy) is 1. The molecule has 0 N–H and O–H groups in total. The number of rotatable bonds is 3. The highest BCUT2D eigenvalue weighted by atomic mass is 35.5. The normalized spacial score (nSPS) is 11.4. The number of alkyl halides is 4. The third-order valence-electron chi connectivity index (χ3n) is 1.65. The van der Waals surface area contributed by atoms with Gasteiger partial charge in [-0.3, -0.25) is 4.79 Å². The summed E-state index contributed by atoms with van der Waals surface area (Å²) < 4.78 is 65.0. The van der Waals surface area contributed by atoms with Gasteiger partial charge in [0.1, 0.15) is 5.82 Å². The maximum atomic E-state index is 13.3. The number of carbonyl (C=O) groups is 1. The standard InChI is InChI=1S/C9H4ClF5O2/c10-3-6(16)5-1-4(11)2-7(8(5)12)17-9(13,14)15/h1-2H,3H2. The van der Waals surface area contributed by atoms with Crippen LogP contribution in [0.25, 0.3) is 0 Å². The summed E-state index contributed by atoms with van der Waals surface area (Å²) in [6.45, 7) is 0. The lowest BCUT2D eigenvalue weighted by Crippen LogP contribution is -2.19. The summed E-state index contributed by atoms with van der Waals surface area (Å²) >= 11 is 5.09. The van der Waals surface area contributed by atoms with Gasteiger partial charge in [-0.1, -0.05) is 0 Å². The van der Waals surface area contributed by atoms with Crippen molar-refractivity contribution in [2.24, 2.45) is 0 Å². The van der Waals surface area contributed by atoms with Gasteiger partial charge >= 0.3 is 6.36 Å². The van der Waals surface area contributed by atoms with Gasteiger partial charge in [0.25, 0.3) is 0 Å². The third kappa shape index (κ3) is 3.55. The lowest BCUT2D eigenvalue weighted by molar-refractivity contribution is -0.275. The van der Waals surface area contributed by atoms with E-state index in [9.17, 15) is 26.7 Å². The zero-order chi connectivity index (χ0) is 13.2. The van der Waals surface area contributed by atoms with Gasteiger partial charge in [-0.15, -0.1) is 24.8 Å². The summed E-state index contributed by atoms with van der Waals surface area (Å²) in [7, 11) is 0. The number of hydrogen-bond donors (Lipinski definition) is 0. The summed E-state index contributed by atoms with van der Waals surface area (Å²) in [4.78, 5) is 11.0. The van der Waals surface area contributed by atoms with E-state index >= 15 is 0 Å². The van der Waals surface area contributed by atoms with Crippen LogP contribution in [0.15, 0.2) is 12.1 Å². The number of hydrogen-bond acceptors (Lipinski definition) is 2. The van der Waals surface area contributed by atoms with Crippen molar-refractivity contribution in [3.8, 4) is 5.75 Å². The zero-order valence-corrected chi connectivity index (χ0v) is 8.70. The second-order valence-corrected chi connectivity index (χ2v) is 3.14. The Morgan fingerprint density at radius 2 is 1.88 bits per heavy atom. The van der Waals surface area contributed by atoms with Gasteiger partial charge in [0.05, 0.1) is 11.4 Å². The highest BCUT2D eigenvalue weighted by Crippen LogP contribution is 2.28. The first kappa shape index (κ1) is 13.7. The van der Waals surface area contributed by atoms with Crippen molar-refractivity contribution in [1.29, 1.82) is 0 Å². The first-order valence-electron chi connectivity index (χ1n) is 4.08. The minimum absolute atomic E-state index is 0.188. The first-order chi connectivity index (χ1) is 7.74. The van der Waals surface area contributed by atoms with E-state index in [1.165, 1.54) is 0 Å². The molecule has 0 heterocycles. The molecule has 0 bridgehead atoms. The van der Waals surface area contributed by atoms with E-state index in [0.717, 1.165) is 0 Å². The number of ketones is 1. The predicted molar refractivity (Wildman–Crippen MR) is 48.1 cm³/mol. The van der Waals surface area contributed by atoms with Crippen LogP contribution in [0, 0.1) is 11.6 Å². The monoisotopic (exact) mass is 274 g/mol. The van der Waals surface area contributed by atoms with Crippen molar-refractivity contribution in [1.82, 2.24) is 0 Å². The van der Waals surface area contributed by atoms with Crippen LogP contribution in [0.2, 0.25) is 0 Å². The van der Waals surface area contributed by atoms with E-state index in [4.69, 9.17) is 11.6 Å². The fraction of sp³-hybridized carbons (Fsp3) is 0.222. The van der Waals surface area contributed by atoms with Crippen LogP contribution < -0.4 is 4.74 Å². The van der Waals surface area contributed by atoms with E-state index < -0.39 is 41.0 Å². The van der Waals surface area contributed by atoms with E-state index in [1.807, 2.05) is 0 Å². The van der Waals surface area contributed by atoms with Crippen LogP contribution in [0.1, 0.15) is 10.4 Å². The smallest absolute Gasteiger partial charge is 0.403 e. The van der Waals surface area contributed by atoms with Crippen molar-refractivity contribution in [3.63, 3.8) is 0 Å². The zero-order valence-electron chi connectivity index (χ0n) is 7.95. The summed E-state index contributed by atoms with van der Waals surface area (Å²) in [5, 5.41) is 0. The summed E-state index contributed by atoms with van der Waals surface area (Å²) in [6.07, 6.45) is -5.18. The van der Waals surface area contributed by atoms with Gasteiger partial charge in [0.15, 0.2) is 17.3 Å². The van der Waals surface area contributed by atoms with Crippen molar-refractivity contribution >= 4 is 17.4 Å². The van der Waals surface area contributed by atoms with E-state index in [1.54, 1.807) is 0 Å². The average Bonchev–Trinajstić information content (AvgIpc) is 2.19. The maximum Gasteiger partial charge on any atom is 0.573 e. The molecular weight excluding hydrogens is 271 g/mol. The molecule has 94 valence electrons. The maximum absolute atomic E-state index is 13.3. The second kappa shape index (κ2) is 4.87. The number of Topliss-reactive ketones (excluding diaryl/α,β-unsaturated/α-hetero) is 1. The van der Waals surface area contributed by atoms with E-state index in [2.05, 4.69) is 4.74 Å². The highest BCUT2D eigenvalue weighted by Gasteiger charge is 2.33. The lowest BCUT2D eigenvalue weighted by Gasteiger charge is -2.11. The molecule has 0 saturated heterocycles. The van der Waals surface area contributed by atoms with Crippen LogP contribution in [0.5, 0.6) is 5.75 Å². The Kier molecular flexibility index (Phi) is 3.92. The molecule has 0 amide bonds. The molecular formula is C9H4ClF5O2. The van der Waals surface area contributed by atoms with E-state index in [-0.39, 0.29) is 6.07 Å². The number of carbonyl (C=O) groups excluding carboxylic acids is 1. The molecule has 17 heavy (non-hydrogen) atoms. The van der Waals surface area contributed by atoms with Gasteiger partial charge < -0.3 is 4.74 Å². The molecule has 0 fully saturated rings. The van der Waals surface area contributed by atoms with Gasteiger partial charge in [-0.25, -0.2) is 8.78 Å². The Labute approximate surface area is 96.9 Å². The largest absolute Gasteiger partial charge is 0.573 e. The van der Waals surface area contributed by atoms with Crippen molar-refractivity contribution in [2.45, 2.75) is 6.36 Å². The Bertz CT molecular complexity index is 444. The van der Waals surface area contributed by atoms with Crippen molar-refractivity contribution in [2.75, 3.05) is 5.88 Å². The molecule has 2 nitrogen and oxygen atoms in total. The fourth-order valence-electron chi connectivity index (χ4n) is 1.04. The predicted octanol–water partition coefficient (Wildman–Crippen LogP) is 3.28. The van der Waals surface area contributed by atoms with Crippen LogP contribution in [0.4, 0.5) is 22.0 Å². The molecule has 0 aliphatic carbocycles. The molecule has 0 aromatic heterocycles. The van der Waals surface area contributed by atoms with Gasteiger partial charge in [0.2, 0.25) is 0 Å². The molecule has 0 aliphatic rings. The molecule has 0 spiro atoms. The number of halogens is 6. The van der Waals surface area contributed by atoms with Gasteiger partial charge in [-0.2, -0.15) is 0 Å². The quantitative estimate of drug-likeness (QED) is 0.480. The fourth-order valence-corrected chi connectivity index (χ4v) is 1.18. The topological polar surface area (TPSA) is 26.3 Å². The number of benzene rings is 1. The summed E-state index contributed by atoms with van der Waals surface area (Å²) in [6, 6.07) is 0.636. The minimum atomic E-state index is -5.18. The second-order valence-electron chi connectivity index (χ2n) is 2.87. The van der Waals surface area contributed by atoms with Crippen LogP contribution in [-0.2, 0) is 0 Å². The minimum Gasteiger partial charge on any atom is -0.403 e. The Balaban J connectivity index is 3.24. The molecule has 1 aromatic carbocycles. The molecule has 8 heteroatoms. The molecule has 0 radical (unpaired) electrons. The molecule has 1 aromatic rings.